The normalized spacial score (nSPS) is 12.5. The van der Waals surface area contributed by atoms with Crippen LogP contribution in [-0.4, -0.2) is 28.2 Å². The van der Waals surface area contributed by atoms with E-state index in [-0.39, 0.29) is 21.7 Å². The van der Waals surface area contributed by atoms with Gasteiger partial charge >= 0.3 is 21.7 Å². The van der Waals surface area contributed by atoms with E-state index in [0.29, 0.717) is 0 Å². The summed E-state index contributed by atoms with van der Waals surface area (Å²) in [6.07, 6.45) is 20.0. The van der Waals surface area contributed by atoms with Crippen molar-refractivity contribution in [2.24, 2.45) is 0 Å². The minimum atomic E-state index is 0. The molecule has 0 atom stereocenters. The maximum Gasteiger partial charge on any atom is 4.00 e. The summed E-state index contributed by atoms with van der Waals surface area (Å²) in [4.78, 5) is 0. The first-order chi connectivity index (χ1) is 7.83. The first-order valence-corrected chi connectivity index (χ1v) is 5.22. The van der Waals surface area contributed by atoms with Crippen LogP contribution in [0.15, 0.2) is 36.5 Å². The van der Waals surface area contributed by atoms with Crippen LogP contribution >= 0.6 is 0 Å². The molecule has 0 saturated carbocycles. The van der Waals surface area contributed by atoms with E-state index >= 15 is 0 Å². The van der Waals surface area contributed by atoms with Crippen molar-refractivity contribution < 1.29 is 21.7 Å². The van der Waals surface area contributed by atoms with Crippen LogP contribution in [-0.2, 0) is 21.7 Å². The summed E-state index contributed by atoms with van der Waals surface area (Å²) in [5, 5.41) is 7.00. The molecule has 0 aromatic heterocycles. The zero-order valence-corrected chi connectivity index (χ0v) is 12.8. The molecule has 0 radical (unpaired) electrons. The molecular weight excluding hydrogens is 244 g/mol. The molecule has 0 aromatic rings. The predicted molar refractivity (Wildman–Crippen MR) is 73.6 cm³/mol. The smallest absolute Gasteiger partial charge is 0.668 e. The standard InChI is InChI=1S/2C5H5.2C2H6N.Ti/c2*1-2-4-5-3-1;2*1-3-2;/h2*1-3H,4H2;2*1-2H3;/q4*-1;+4. The van der Waals surface area contributed by atoms with Crippen LogP contribution in [0.1, 0.15) is 12.8 Å². The van der Waals surface area contributed by atoms with E-state index in [1.165, 1.54) is 0 Å². The van der Waals surface area contributed by atoms with Crippen LogP contribution in [0.3, 0.4) is 0 Å². The van der Waals surface area contributed by atoms with Crippen molar-refractivity contribution in [2.45, 2.75) is 12.8 Å². The van der Waals surface area contributed by atoms with Gasteiger partial charge in [-0.25, -0.2) is 24.3 Å². The summed E-state index contributed by atoms with van der Waals surface area (Å²) in [6, 6.07) is 0. The average Bonchev–Trinajstić information content (AvgIpc) is 3.00. The van der Waals surface area contributed by atoms with Crippen molar-refractivity contribution in [1.82, 2.24) is 0 Å². The number of hydrogen-bond donors (Lipinski definition) is 0. The van der Waals surface area contributed by atoms with Gasteiger partial charge in [0.25, 0.3) is 0 Å². The Morgan fingerprint density at radius 2 is 1.06 bits per heavy atom. The molecule has 3 heteroatoms. The summed E-state index contributed by atoms with van der Waals surface area (Å²) in [7, 11) is 7.00. The SMILES string of the molecule is C[N-]C.C[N-]C.[C-]1=CC=CC1.[C-]1=CC=CC1.[Ti+4]. The van der Waals surface area contributed by atoms with E-state index < -0.39 is 0 Å². The van der Waals surface area contributed by atoms with E-state index in [0.717, 1.165) is 12.8 Å². The van der Waals surface area contributed by atoms with Gasteiger partial charge in [-0.3, -0.25) is 12.2 Å². The van der Waals surface area contributed by atoms with Gasteiger partial charge in [-0.15, -0.1) is 12.8 Å². The topological polar surface area (TPSA) is 28.2 Å². The van der Waals surface area contributed by atoms with E-state index in [9.17, 15) is 0 Å². The fraction of sp³-hybridized carbons (Fsp3) is 0.429. The molecule has 92 valence electrons. The molecule has 0 N–H and O–H groups in total. The van der Waals surface area contributed by atoms with Crippen LogP contribution in [0.4, 0.5) is 0 Å². The number of rotatable bonds is 0. The van der Waals surface area contributed by atoms with Gasteiger partial charge in [-0.1, -0.05) is 0 Å². The van der Waals surface area contributed by atoms with E-state index in [1.54, 1.807) is 28.2 Å². The fourth-order valence-electron chi connectivity index (χ4n) is 0.680. The van der Waals surface area contributed by atoms with E-state index in [2.05, 4.69) is 34.9 Å². The second-order valence-electron chi connectivity index (χ2n) is 2.90. The van der Waals surface area contributed by atoms with Crippen molar-refractivity contribution >= 4 is 0 Å². The predicted octanol–water partition coefficient (Wildman–Crippen LogP) is 3.85. The molecule has 2 rings (SSSR count). The number of nitrogens with zero attached hydrogens (tertiary/aromatic N) is 2. The van der Waals surface area contributed by atoms with Crippen molar-refractivity contribution in [3.63, 3.8) is 0 Å². The van der Waals surface area contributed by atoms with Gasteiger partial charge in [-0.05, 0) is 0 Å². The second-order valence-corrected chi connectivity index (χ2v) is 2.90. The van der Waals surface area contributed by atoms with Gasteiger partial charge in [-0.2, -0.15) is 40.3 Å². The molecule has 2 aliphatic rings. The summed E-state index contributed by atoms with van der Waals surface area (Å²) < 4.78 is 0. The van der Waals surface area contributed by atoms with Crippen molar-refractivity contribution in [3.8, 4) is 0 Å². The molecule has 0 heterocycles. The van der Waals surface area contributed by atoms with Crippen LogP contribution < -0.4 is 0 Å². The molecule has 17 heavy (non-hydrogen) atoms. The van der Waals surface area contributed by atoms with E-state index in [1.807, 2.05) is 24.3 Å². The Kier molecular flexibility index (Phi) is 31.7. The molecule has 0 aromatic carbocycles. The molecule has 2 nitrogen and oxygen atoms in total. The first kappa shape index (κ1) is 21.8. The Morgan fingerprint density at radius 1 is 0.765 bits per heavy atom. The largest absolute Gasteiger partial charge is 4.00 e. The molecule has 0 aliphatic heterocycles. The molecule has 0 saturated heterocycles. The maximum absolute atomic E-state index is 3.50. The number of hydrogen-bond acceptors (Lipinski definition) is 0. The summed E-state index contributed by atoms with van der Waals surface area (Å²) in [5.74, 6) is 0. The Bertz CT molecular complexity index is 174. The van der Waals surface area contributed by atoms with Gasteiger partial charge in [0.05, 0.1) is 0 Å². The zero-order valence-electron chi connectivity index (χ0n) is 11.3. The Balaban J connectivity index is -0.000000157. The summed E-state index contributed by atoms with van der Waals surface area (Å²) in [5.41, 5.74) is 0. The van der Waals surface area contributed by atoms with Gasteiger partial charge in [0.1, 0.15) is 0 Å². The van der Waals surface area contributed by atoms with Crippen LogP contribution in [0.5, 0.6) is 0 Å². The molecule has 0 fully saturated rings. The first-order valence-electron chi connectivity index (χ1n) is 5.22. The van der Waals surface area contributed by atoms with Crippen molar-refractivity contribution in [1.29, 1.82) is 0 Å². The Morgan fingerprint density at radius 3 is 1.12 bits per heavy atom. The van der Waals surface area contributed by atoms with Gasteiger partial charge in [0, 0.05) is 0 Å². The van der Waals surface area contributed by atoms with Crippen LogP contribution in [0.2, 0.25) is 0 Å². The average molecular weight is 266 g/mol. The molecule has 0 spiro atoms. The molecule has 2 aliphatic carbocycles. The maximum atomic E-state index is 3.50. The van der Waals surface area contributed by atoms with Crippen LogP contribution in [0.25, 0.3) is 10.6 Å². The summed E-state index contributed by atoms with van der Waals surface area (Å²) in [6.45, 7) is 0. The van der Waals surface area contributed by atoms with E-state index in [4.69, 9.17) is 0 Å². The quantitative estimate of drug-likeness (QED) is 0.470. The third-order valence-electron chi connectivity index (χ3n) is 1.17. The minimum absolute atomic E-state index is 0. The molecular formula is C14H22N2Ti. The van der Waals surface area contributed by atoms with Gasteiger partial charge in [0.15, 0.2) is 0 Å². The summed E-state index contributed by atoms with van der Waals surface area (Å²) >= 11 is 0. The monoisotopic (exact) mass is 266 g/mol. The Labute approximate surface area is 122 Å². The third-order valence-corrected chi connectivity index (χ3v) is 1.17. The van der Waals surface area contributed by atoms with Crippen LogP contribution in [0, 0.1) is 12.2 Å². The van der Waals surface area contributed by atoms with Crippen molar-refractivity contribution in [2.75, 3.05) is 28.2 Å². The fourth-order valence-corrected chi connectivity index (χ4v) is 0.680. The molecule has 0 amide bonds. The molecule has 0 unspecified atom stereocenters. The Hall–Kier alpha value is -0.406. The van der Waals surface area contributed by atoms with Gasteiger partial charge < -0.3 is 10.6 Å². The molecule has 0 bridgehead atoms. The second kappa shape index (κ2) is 24.7. The van der Waals surface area contributed by atoms with Gasteiger partial charge in [0.2, 0.25) is 0 Å². The number of allylic oxidation sites excluding steroid dienone is 8. The zero-order chi connectivity index (χ0) is 12.5. The minimum Gasteiger partial charge on any atom is -0.668 e. The third kappa shape index (κ3) is 31.3. The van der Waals surface area contributed by atoms with Crippen molar-refractivity contribution in [3.05, 3.63) is 59.2 Å².